The number of carbonyl (C=O) groups excluding carboxylic acids is 6. The van der Waals surface area contributed by atoms with E-state index in [4.69, 9.17) is 16.3 Å². The van der Waals surface area contributed by atoms with Gasteiger partial charge < -0.3 is 30.9 Å². The zero-order chi connectivity index (χ0) is 43.0. The van der Waals surface area contributed by atoms with Crippen LogP contribution in [0, 0.1) is 0 Å². The molecule has 7 rings (SSSR count). The van der Waals surface area contributed by atoms with Crippen LogP contribution in [-0.2, 0) is 14.4 Å². The van der Waals surface area contributed by atoms with Gasteiger partial charge in [-0.25, -0.2) is 4.98 Å². The highest BCUT2D eigenvalue weighted by molar-refractivity contribution is 6.33. The molecule has 18 heteroatoms. The number of nitrogens with zero attached hydrogens (tertiary/aromatic N) is 5. The molecule has 2 fully saturated rings. The van der Waals surface area contributed by atoms with Crippen LogP contribution in [0.25, 0.3) is 0 Å². The van der Waals surface area contributed by atoms with E-state index < -0.39 is 29.7 Å². The number of hydrogen-bond acceptors (Lipinski definition) is 13. The van der Waals surface area contributed by atoms with E-state index in [9.17, 15) is 28.8 Å². The summed E-state index contributed by atoms with van der Waals surface area (Å²) < 4.78 is 5.75. The summed E-state index contributed by atoms with van der Waals surface area (Å²) in [7, 11) is 3.18. The molecule has 0 saturated carbocycles. The highest BCUT2D eigenvalue weighted by Gasteiger charge is 2.45. The second-order valence-corrected chi connectivity index (χ2v) is 15.3. The average molecular weight is 851 g/mol. The van der Waals surface area contributed by atoms with E-state index in [0.29, 0.717) is 40.9 Å². The van der Waals surface area contributed by atoms with Gasteiger partial charge in [-0.15, -0.1) is 0 Å². The normalized spacial score (nSPS) is 16.5. The molecule has 318 valence electrons. The van der Waals surface area contributed by atoms with Gasteiger partial charge in [0, 0.05) is 57.8 Å². The number of rotatable bonds is 16. The van der Waals surface area contributed by atoms with Gasteiger partial charge >= 0.3 is 0 Å². The first-order valence-corrected chi connectivity index (χ1v) is 20.6. The molecular weight excluding hydrogens is 804 g/mol. The third kappa shape index (κ3) is 9.74. The van der Waals surface area contributed by atoms with Crippen molar-refractivity contribution in [2.24, 2.45) is 0 Å². The Kier molecular flexibility index (Phi) is 13.4. The number of methoxy groups -OCH3 is 1. The van der Waals surface area contributed by atoms with E-state index >= 15 is 0 Å². The number of piperazine rings is 1. The van der Waals surface area contributed by atoms with E-state index in [0.717, 1.165) is 62.6 Å². The summed E-state index contributed by atoms with van der Waals surface area (Å²) >= 11 is 6.42. The molecule has 1 atom stereocenters. The van der Waals surface area contributed by atoms with Gasteiger partial charge in [-0.1, -0.05) is 42.6 Å². The van der Waals surface area contributed by atoms with Crippen LogP contribution >= 0.6 is 11.6 Å². The number of carbonyl (C=O) groups is 6. The van der Waals surface area contributed by atoms with Crippen LogP contribution < -0.4 is 36.2 Å². The number of piperidine rings is 1. The quantitative estimate of drug-likeness (QED) is 0.0736. The maximum absolute atomic E-state index is 13.3. The summed E-state index contributed by atoms with van der Waals surface area (Å²) in [5.74, 6) is -1.65. The molecule has 1 aromatic heterocycles. The number of halogens is 1. The van der Waals surface area contributed by atoms with E-state index in [1.165, 1.54) is 12.3 Å². The van der Waals surface area contributed by atoms with Crippen molar-refractivity contribution in [2.75, 3.05) is 67.7 Å². The summed E-state index contributed by atoms with van der Waals surface area (Å²) in [6, 6.07) is 16.6. The highest BCUT2D eigenvalue weighted by Crippen LogP contribution is 2.35. The smallest absolute Gasteiger partial charge is 0.264 e. The first kappa shape index (κ1) is 42.5. The molecule has 5 N–H and O–H groups in total. The van der Waals surface area contributed by atoms with E-state index in [2.05, 4.69) is 46.4 Å². The minimum atomic E-state index is -1.07. The number of amides is 6. The number of unbranched alkanes of at least 4 members (excludes halogenated alkanes) is 3. The minimum absolute atomic E-state index is 0.0291. The fourth-order valence-electron chi connectivity index (χ4n) is 7.70. The fourth-order valence-corrected chi connectivity index (χ4v) is 7.84. The molecule has 6 amide bonds. The molecule has 17 nitrogen and oxygen atoms in total. The van der Waals surface area contributed by atoms with Crippen LogP contribution in [0.2, 0.25) is 5.02 Å². The Hall–Kier alpha value is -6.59. The molecule has 4 aromatic rings. The summed E-state index contributed by atoms with van der Waals surface area (Å²) in [4.78, 5) is 90.3. The van der Waals surface area contributed by atoms with Crippen LogP contribution in [0.5, 0.6) is 5.75 Å². The Morgan fingerprint density at radius 2 is 1.66 bits per heavy atom. The van der Waals surface area contributed by atoms with Crippen molar-refractivity contribution in [3.63, 3.8) is 0 Å². The Labute approximate surface area is 357 Å². The SMILES string of the molecule is CNC(=O)c1ccccc1Nc1nc(Nc2ccc(N3CCN(CCCCCCC(=O)Nc4cccc5c4C(=O)N(C4CCC(=O)NC4=O)C5=O)CC3)cc2OC)ncc1Cl. The fraction of sp³-hybridized carbons (Fsp3) is 0.349. The molecule has 3 aliphatic heterocycles. The molecular formula is C43H47ClN10O7. The van der Waals surface area contributed by atoms with Crippen molar-refractivity contribution >= 4 is 81.6 Å². The van der Waals surface area contributed by atoms with Gasteiger partial charge in [-0.2, -0.15) is 4.98 Å². The number of aromatic nitrogens is 2. The summed E-state index contributed by atoms with van der Waals surface area (Å²) in [6.45, 7) is 4.48. The first-order valence-electron chi connectivity index (χ1n) is 20.2. The van der Waals surface area contributed by atoms with Gasteiger partial charge in [0.15, 0.2) is 5.82 Å². The molecule has 3 aromatic carbocycles. The number of para-hydroxylation sites is 1. The van der Waals surface area contributed by atoms with Gasteiger partial charge in [-0.05, 0) is 62.2 Å². The topological polar surface area (TPSA) is 207 Å². The predicted octanol–water partition coefficient (Wildman–Crippen LogP) is 5.10. The first-order chi connectivity index (χ1) is 29.5. The largest absolute Gasteiger partial charge is 0.494 e. The Bertz CT molecular complexity index is 2350. The second kappa shape index (κ2) is 19.2. The zero-order valence-corrected chi connectivity index (χ0v) is 34.6. The standard InChI is InChI=1S/C43H47ClN10O7/c1-45-39(57)27-10-6-7-12-30(27)48-38-29(44)25-46-43(51-38)49-31-16-15-26(24-34(31)61-2)53-22-20-52(21-23-53)19-8-4-3-5-14-35(55)47-32-13-9-11-28-37(32)42(60)54(41(28)59)33-17-18-36(56)50-40(33)58/h6-7,9-13,15-16,24-25,33H,3-5,8,14,17-23H2,1-2H3,(H,45,57)(H,47,55)(H,50,56,58)(H2,46,48,49,51). The van der Waals surface area contributed by atoms with Crippen molar-refractivity contribution in [3.8, 4) is 5.75 Å². The van der Waals surface area contributed by atoms with Gasteiger partial charge in [0.2, 0.25) is 23.7 Å². The number of ether oxygens (including phenoxy) is 1. The van der Waals surface area contributed by atoms with Crippen LogP contribution in [0.15, 0.2) is 66.9 Å². The molecule has 2 saturated heterocycles. The maximum atomic E-state index is 13.3. The molecule has 0 radical (unpaired) electrons. The summed E-state index contributed by atoms with van der Waals surface area (Å²) in [5.41, 5.74) is 3.13. The van der Waals surface area contributed by atoms with Crippen molar-refractivity contribution in [1.29, 1.82) is 0 Å². The molecule has 0 bridgehead atoms. The molecule has 3 aliphatic rings. The lowest BCUT2D eigenvalue weighted by molar-refractivity contribution is -0.136. The average Bonchev–Trinajstić information content (AvgIpc) is 3.52. The molecule has 1 unspecified atom stereocenters. The molecule has 0 aliphatic carbocycles. The van der Waals surface area contributed by atoms with Crippen molar-refractivity contribution in [1.82, 2.24) is 30.4 Å². The van der Waals surface area contributed by atoms with Crippen LogP contribution in [0.4, 0.5) is 34.5 Å². The van der Waals surface area contributed by atoms with Gasteiger partial charge in [-0.3, -0.25) is 43.9 Å². The predicted molar refractivity (Wildman–Crippen MR) is 230 cm³/mol. The molecule has 61 heavy (non-hydrogen) atoms. The summed E-state index contributed by atoms with van der Waals surface area (Å²) in [6.07, 6.45) is 5.34. The third-order valence-electron chi connectivity index (χ3n) is 10.9. The number of benzene rings is 3. The molecule has 4 heterocycles. The maximum Gasteiger partial charge on any atom is 0.264 e. The number of nitrogens with one attached hydrogen (secondary N) is 5. The Morgan fingerprint density at radius 3 is 2.43 bits per heavy atom. The lowest BCUT2D eigenvalue weighted by atomic mass is 10.0. The van der Waals surface area contributed by atoms with Gasteiger partial charge in [0.05, 0.1) is 47.1 Å². The number of fused-ring (bicyclic) bond motifs is 1. The van der Waals surface area contributed by atoms with Crippen LogP contribution in [0.3, 0.4) is 0 Å². The third-order valence-corrected chi connectivity index (χ3v) is 11.2. The van der Waals surface area contributed by atoms with Gasteiger partial charge in [0.1, 0.15) is 16.8 Å². The minimum Gasteiger partial charge on any atom is -0.494 e. The van der Waals surface area contributed by atoms with E-state index in [-0.39, 0.29) is 52.9 Å². The van der Waals surface area contributed by atoms with E-state index in [1.54, 1.807) is 44.5 Å². The molecule has 0 spiro atoms. The Balaban J connectivity index is 0.834. The van der Waals surface area contributed by atoms with E-state index in [1.807, 2.05) is 24.3 Å². The number of imide groups is 2. The zero-order valence-electron chi connectivity index (χ0n) is 33.9. The number of hydrogen-bond donors (Lipinski definition) is 5. The van der Waals surface area contributed by atoms with Gasteiger partial charge in [0.25, 0.3) is 17.7 Å². The van der Waals surface area contributed by atoms with Crippen molar-refractivity contribution in [3.05, 3.63) is 88.6 Å². The Morgan fingerprint density at radius 1 is 0.885 bits per heavy atom. The van der Waals surface area contributed by atoms with Crippen LogP contribution in [0.1, 0.15) is 76.0 Å². The van der Waals surface area contributed by atoms with Crippen LogP contribution in [-0.4, -0.2) is 108 Å². The number of anilines is 6. The van der Waals surface area contributed by atoms with Crippen molar-refractivity contribution in [2.45, 2.75) is 51.0 Å². The second-order valence-electron chi connectivity index (χ2n) is 14.9. The lowest BCUT2D eigenvalue weighted by Crippen LogP contribution is -2.54. The summed E-state index contributed by atoms with van der Waals surface area (Å²) in [5, 5.41) is 14.3. The van der Waals surface area contributed by atoms with Crippen molar-refractivity contribution < 1.29 is 33.5 Å². The highest BCUT2D eigenvalue weighted by atomic mass is 35.5. The lowest BCUT2D eigenvalue weighted by Gasteiger charge is -2.36. The monoisotopic (exact) mass is 850 g/mol.